The van der Waals surface area contributed by atoms with Crippen LogP contribution in [0, 0.1) is 0 Å². The molecule has 0 aliphatic rings. The lowest BCUT2D eigenvalue weighted by atomic mass is 10.1. The first kappa shape index (κ1) is 21.5. The summed E-state index contributed by atoms with van der Waals surface area (Å²) in [6, 6.07) is 14.6. The summed E-state index contributed by atoms with van der Waals surface area (Å²) in [7, 11) is 0. The second-order valence-corrected chi connectivity index (χ2v) is 6.98. The van der Waals surface area contributed by atoms with Gasteiger partial charge in [-0.1, -0.05) is 51.3 Å². The quantitative estimate of drug-likeness (QED) is 0.349. The zero-order valence-electron chi connectivity index (χ0n) is 17.0. The highest BCUT2D eigenvalue weighted by Gasteiger charge is 2.10. The maximum Gasteiger partial charge on any atom is 0.255 e. The van der Waals surface area contributed by atoms with Gasteiger partial charge in [0.05, 0.1) is 12.3 Å². The van der Waals surface area contributed by atoms with E-state index in [2.05, 4.69) is 18.8 Å². The van der Waals surface area contributed by atoms with E-state index in [1.165, 1.54) is 25.7 Å². The molecule has 0 heterocycles. The number of carbonyl (C=O) groups excluding carboxylic acids is 1. The molecule has 1 N–H and O–H groups in total. The van der Waals surface area contributed by atoms with Gasteiger partial charge in [0, 0.05) is 5.56 Å². The molecule has 2 aromatic carbocycles. The van der Waals surface area contributed by atoms with Gasteiger partial charge in [0.2, 0.25) is 0 Å². The van der Waals surface area contributed by atoms with Gasteiger partial charge in [0.15, 0.2) is 0 Å². The molecule has 0 fully saturated rings. The van der Waals surface area contributed by atoms with Crippen LogP contribution in [0.5, 0.6) is 11.5 Å². The first-order chi connectivity index (χ1) is 13.6. The molecule has 150 valence electrons. The van der Waals surface area contributed by atoms with Crippen LogP contribution in [0.3, 0.4) is 0 Å². The fraction of sp³-hybridized carbons (Fsp3) is 0.375. The predicted octanol–water partition coefficient (Wildman–Crippen LogP) is 6.24. The van der Waals surface area contributed by atoms with Crippen LogP contribution in [0.2, 0.25) is 0 Å². The van der Waals surface area contributed by atoms with E-state index in [4.69, 9.17) is 9.47 Å². The van der Waals surface area contributed by atoms with Crippen LogP contribution in [-0.4, -0.2) is 19.1 Å². The number of nitrogens with one attached hydrogen (secondary N) is 1. The molecular formula is C24H31NO3. The minimum atomic E-state index is -0.183. The topological polar surface area (TPSA) is 47.6 Å². The molecule has 1 amide bonds. The van der Waals surface area contributed by atoms with Crippen LogP contribution in [0.15, 0.2) is 60.7 Å². The maximum absolute atomic E-state index is 12.6. The first-order valence-electron chi connectivity index (χ1n) is 10.0. The molecule has 0 aliphatic carbocycles. The van der Waals surface area contributed by atoms with Crippen LogP contribution in [0.4, 0.5) is 5.69 Å². The number of anilines is 1. The lowest BCUT2D eigenvalue weighted by Crippen LogP contribution is -2.13. The number of hydrogen-bond acceptors (Lipinski definition) is 3. The van der Waals surface area contributed by atoms with Crippen molar-refractivity contribution in [3.05, 3.63) is 66.2 Å². The van der Waals surface area contributed by atoms with Gasteiger partial charge in [-0.05, 0) is 55.3 Å². The fourth-order valence-corrected chi connectivity index (χ4v) is 2.69. The molecule has 0 radical (unpaired) electrons. The molecule has 0 saturated carbocycles. The van der Waals surface area contributed by atoms with Crippen LogP contribution in [0.1, 0.15) is 56.3 Å². The van der Waals surface area contributed by atoms with E-state index in [0.29, 0.717) is 30.2 Å². The van der Waals surface area contributed by atoms with Crippen molar-refractivity contribution < 1.29 is 14.3 Å². The Bertz CT molecular complexity index is 753. The Morgan fingerprint density at radius 3 is 2.39 bits per heavy atom. The third-order valence-corrected chi connectivity index (χ3v) is 4.24. The number of benzene rings is 2. The molecule has 0 aliphatic heterocycles. The normalized spacial score (nSPS) is 10.4. The Morgan fingerprint density at radius 1 is 0.964 bits per heavy atom. The van der Waals surface area contributed by atoms with Gasteiger partial charge in [-0.25, -0.2) is 0 Å². The summed E-state index contributed by atoms with van der Waals surface area (Å²) in [5.74, 6) is 1.23. The monoisotopic (exact) mass is 381 g/mol. The third-order valence-electron chi connectivity index (χ3n) is 4.24. The van der Waals surface area contributed by atoms with Gasteiger partial charge in [0.25, 0.3) is 5.91 Å². The van der Waals surface area contributed by atoms with Gasteiger partial charge in [-0.15, -0.1) is 0 Å². The maximum atomic E-state index is 12.6. The number of rotatable bonds is 12. The van der Waals surface area contributed by atoms with E-state index in [1.807, 2.05) is 43.3 Å². The van der Waals surface area contributed by atoms with Crippen LogP contribution in [-0.2, 0) is 0 Å². The van der Waals surface area contributed by atoms with Crippen LogP contribution in [0.25, 0.3) is 0 Å². The van der Waals surface area contributed by atoms with E-state index in [1.54, 1.807) is 12.1 Å². The van der Waals surface area contributed by atoms with Crippen molar-refractivity contribution in [2.24, 2.45) is 0 Å². The highest BCUT2D eigenvalue weighted by molar-refractivity contribution is 6.05. The van der Waals surface area contributed by atoms with E-state index < -0.39 is 0 Å². The minimum Gasteiger partial charge on any atom is -0.494 e. The summed E-state index contributed by atoms with van der Waals surface area (Å²) < 4.78 is 11.5. The van der Waals surface area contributed by atoms with Crippen LogP contribution < -0.4 is 14.8 Å². The van der Waals surface area contributed by atoms with Gasteiger partial charge in [0.1, 0.15) is 18.1 Å². The smallest absolute Gasteiger partial charge is 0.255 e. The van der Waals surface area contributed by atoms with E-state index >= 15 is 0 Å². The molecule has 0 aromatic heterocycles. The molecule has 4 nitrogen and oxygen atoms in total. The van der Waals surface area contributed by atoms with Crippen molar-refractivity contribution >= 4 is 11.6 Å². The molecule has 2 rings (SSSR count). The molecule has 0 saturated heterocycles. The van der Waals surface area contributed by atoms with E-state index in [-0.39, 0.29) is 5.91 Å². The summed E-state index contributed by atoms with van der Waals surface area (Å²) in [5, 5.41) is 2.91. The van der Waals surface area contributed by atoms with Crippen molar-refractivity contribution in [1.82, 2.24) is 0 Å². The Balaban J connectivity index is 1.87. The lowest BCUT2D eigenvalue weighted by molar-refractivity contribution is 0.102. The van der Waals surface area contributed by atoms with E-state index in [0.717, 1.165) is 17.7 Å². The highest BCUT2D eigenvalue weighted by atomic mass is 16.5. The van der Waals surface area contributed by atoms with Gasteiger partial charge in [-0.3, -0.25) is 4.79 Å². The number of amides is 1. The van der Waals surface area contributed by atoms with Gasteiger partial charge >= 0.3 is 0 Å². The van der Waals surface area contributed by atoms with Crippen molar-refractivity contribution in [3.63, 3.8) is 0 Å². The number of para-hydroxylation sites is 2. The largest absolute Gasteiger partial charge is 0.494 e. The predicted molar refractivity (Wildman–Crippen MR) is 115 cm³/mol. The molecule has 28 heavy (non-hydrogen) atoms. The second-order valence-electron chi connectivity index (χ2n) is 6.98. The zero-order valence-corrected chi connectivity index (χ0v) is 17.0. The second kappa shape index (κ2) is 11.9. The summed E-state index contributed by atoms with van der Waals surface area (Å²) in [6.07, 6.45) is 6.04. The number of unbranched alkanes of at least 4 members (excludes halogenated alkanes) is 4. The lowest BCUT2D eigenvalue weighted by Gasteiger charge is -2.13. The van der Waals surface area contributed by atoms with Crippen molar-refractivity contribution in [2.45, 2.75) is 46.0 Å². The van der Waals surface area contributed by atoms with Gasteiger partial charge in [-0.2, -0.15) is 0 Å². The molecule has 4 heteroatoms. The fourth-order valence-electron chi connectivity index (χ4n) is 2.69. The Morgan fingerprint density at radius 2 is 1.68 bits per heavy atom. The number of carbonyl (C=O) groups is 1. The molecule has 0 bridgehead atoms. The summed E-state index contributed by atoms with van der Waals surface area (Å²) in [4.78, 5) is 12.6. The molecule has 0 spiro atoms. The van der Waals surface area contributed by atoms with E-state index in [9.17, 15) is 4.79 Å². The van der Waals surface area contributed by atoms with Gasteiger partial charge < -0.3 is 14.8 Å². The highest BCUT2D eigenvalue weighted by Crippen LogP contribution is 2.25. The molecule has 2 aromatic rings. The third kappa shape index (κ3) is 7.47. The van der Waals surface area contributed by atoms with Crippen molar-refractivity contribution in [2.75, 3.05) is 18.5 Å². The minimum absolute atomic E-state index is 0.183. The number of ether oxygens (including phenoxy) is 2. The number of hydrogen-bond donors (Lipinski definition) is 1. The SMILES string of the molecule is C=C(C)COc1ccccc1NC(=O)c1ccc(OCCCCCCC)cc1. The molecular weight excluding hydrogens is 350 g/mol. The Labute approximate surface area is 168 Å². The standard InChI is InChI=1S/C24H31NO3/c1-4-5-6-7-10-17-27-21-15-13-20(14-16-21)24(26)25-22-11-8-9-12-23(22)28-18-19(2)3/h8-9,11-16H,2,4-7,10,17-18H2,1,3H3,(H,25,26). The van der Waals surface area contributed by atoms with Crippen molar-refractivity contribution in [1.29, 1.82) is 0 Å². The average Bonchev–Trinajstić information content (AvgIpc) is 2.70. The Kier molecular flexibility index (Phi) is 9.13. The summed E-state index contributed by atoms with van der Waals surface area (Å²) >= 11 is 0. The zero-order chi connectivity index (χ0) is 20.2. The van der Waals surface area contributed by atoms with Crippen molar-refractivity contribution in [3.8, 4) is 11.5 Å². The first-order valence-corrected chi connectivity index (χ1v) is 10.0. The summed E-state index contributed by atoms with van der Waals surface area (Å²) in [6.45, 7) is 9.07. The summed E-state index contributed by atoms with van der Waals surface area (Å²) in [5.41, 5.74) is 2.13. The Hall–Kier alpha value is -2.75. The van der Waals surface area contributed by atoms with Crippen LogP contribution >= 0.6 is 0 Å². The molecule has 0 unspecified atom stereocenters. The molecule has 0 atom stereocenters. The average molecular weight is 382 g/mol.